The summed E-state index contributed by atoms with van der Waals surface area (Å²) in [6.07, 6.45) is 3.04. The van der Waals surface area contributed by atoms with E-state index in [0.29, 0.717) is 19.4 Å². The molecule has 8 heteroatoms. The highest BCUT2D eigenvalue weighted by Gasteiger charge is 2.49. The van der Waals surface area contributed by atoms with Crippen LogP contribution in [-0.4, -0.2) is 44.8 Å². The van der Waals surface area contributed by atoms with Crippen molar-refractivity contribution in [3.05, 3.63) is 29.8 Å². The fourth-order valence-corrected chi connectivity index (χ4v) is 3.69. The van der Waals surface area contributed by atoms with Crippen LogP contribution in [0.15, 0.2) is 29.2 Å². The third-order valence-electron chi connectivity index (χ3n) is 4.71. The van der Waals surface area contributed by atoms with E-state index in [2.05, 4.69) is 5.32 Å². The van der Waals surface area contributed by atoms with Crippen molar-refractivity contribution in [2.75, 3.05) is 19.6 Å². The highest BCUT2D eigenvalue weighted by molar-refractivity contribution is 7.89. The summed E-state index contributed by atoms with van der Waals surface area (Å²) in [6, 6.07) is 6.28. The van der Waals surface area contributed by atoms with Gasteiger partial charge in [-0.25, -0.2) is 13.6 Å². The molecule has 0 aromatic heterocycles. The van der Waals surface area contributed by atoms with Crippen LogP contribution in [0.25, 0.3) is 0 Å². The number of primary sulfonamides is 1. The van der Waals surface area contributed by atoms with Crippen LogP contribution in [0.5, 0.6) is 0 Å². The fraction of sp³-hybridized carbons (Fsp3) is 0.579. The Bertz CT molecular complexity index is 756. The van der Waals surface area contributed by atoms with Crippen LogP contribution in [-0.2, 0) is 26.0 Å². The van der Waals surface area contributed by atoms with Crippen molar-refractivity contribution in [3.63, 3.8) is 0 Å². The number of nitrogens with zero attached hydrogens (tertiary/aromatic N) is 1. The van der Waals surface area contributed by atoms with Gasteiger partial charge in [0.2, 0.25) is 21.8 Å². The summed E-state index contributed by atoms with van der Waals surface area (Å²) in [7, 11) is -3.69. The summed E-state index contributed by atoms with van der Waals surface area (Å²) in [6.45, 7) is 6.02. The average molecular weight is 396 g/mol. The molecule has 150 valence electrons. The topological polar surface area (TPSA) is 110 Å². The second-order valence-electron chi connectivity index (χ2n) is 7.00. The Morgan fingerprint density at radius 1 is 1.11 bits per heavy atom. The molecule has 1 aromatic carbocycles. The van der Waals surface area contributed by atoms with Crippen LogP contribution >= 0.6 is 0 Å². The zero-order valence-electron chi connectivity index (χ0n) is 16.0. The highest BCUT2D eigenvalue weighted by atomic mass is 32.2. The molecule has 1 saturated carbocycles. The first-order chi connectivity index (χ1) is 12.8. The van der Waals surface area contributed by atoms with Gasteiger partial charge >= 0.3 is 0 Å². The number of carbonyl (C=O) groups excluding carboxylic acids is 2. The van der Waals surface area contributed by atoms with Crippen molar-refractivity contribution < 1.29 is 18.0 Å². The van der Waals surface area contributed by atoms with E-state index < -0.39 is 10.0 Å². The average Bonchev–Trinajstić information content (AvgIpc) is 3.41. The molecule has 1 fully saturated rings. The predicted molar refractivity (Wildman–Crippen MR) is 103 cm³/mol. The molecule has 1 aliphatic carbocycles. The molecule has 0 bridgehead atoms. The molecule has 0 heterocycles. The number of amides is 2. The number of rotatable bonds is 10. The minimum atomic E-state index is -3.69. The Morgan fingerprint density at radius 2 is 1.70 bits per heavy atom. The van der Waals surface area contributed by atoms with Crippen LogP contribution in [0.1, 0.15) is 38.7 Å². The molecule has 27 heavy (non-hydrogen) atoms. The maximum absolute atomic E-state index is 12.5. The maximum atomic E-state index is 12.5. The Labute approximate surface area is 161 Å². The van der Waals surface area contributed by atoms with Gasteiger partial charge in [-0.05, 0) is 43.4 Å². The second-order valence-corrected chi connectivity index (χ2v) is 8.57. The Kier molecular flexibility index (Phi) is 7.38. The molecule has 1 aromatic rings. The van der Waals surface area contributed by atoms with Gasteiger partial charge in [0.05, 0.1) is 16.7 Å². The van der Waals surface area contributed by atoms with Gasteiger partial charge in [-0.3, -0.25) is 9.59 Å². The van der Waals surface area contributed by atoms with Gasteiger partial charge in [0, 0.05) is 19.6 Å². The Balaban J connectivity index is 1.78. The standard InChI is InChI=1S/C19H29N3O4S/c1-3-11-22(12-4-2)19(24)17-13-16(17)18(23)21-10-9-14-5-7-15(8-6-14)27(20,25)26/h5-8,16-17H,3-4,9-13H2,1-2H3,(H,21,23)(H2,20,25,26). The first kappa shape index (κ1) is 21.4. The second kappa shape index (κ2) is 9.32. The molecule has 0 aliphatic heterocycles. The van der Waals surface area contributed by atoms with Crippen molar-refractivity contribution in [1.29, 1.82) is 0 Å². The van der Waals surface area contributed by atoms with E-state index in [0.717, 1.165) is 31.5 Å². The maximum Gasteiger partial charge on any atom is 0.238 e. The number of benzene rings is 1. The first-order valence-electron chi connectivity index (χ1n) is 9.46. The van der Waals surface area contributed by atoms with Crippen LogP contribution in [0.4, 0.5) is 0 Å². The quantitative estimate of drug-likeness (QED) is 0.622. The van der Waals surface area contributed by atoms with Crippen LogP contribution in [0, 0.1) is 11.8 Å². The predicted octanol–water partition coefficient (Wildman–Crippen LogP) is 1.28. The summed E-state index contributed by atoms with van der Waals surface area (Å²) in [5.74, 6) is -0.393. The van der Waals surface area contributed by atoms with Crippen molar-refractivity contribution in [3.8, 4) is 0 Å². The summed E-state index contributed by atoms with van der Waals surface area (Å²) in [5, 5.41) is 7.94. The monoisotopic (exact) mass is 395 g/mol. The van der Waals surface area contributed by atoms with E-state index in [1.807, 2.05) is 18.7 Å². The van der Waals surface area contributed by atoms with Crippen molar-refractivity contribution in [2.24, 2.45) is 17.0 Å². The van der Waals surface area contributed by atoms with Crippen LogP contribution < -0.4 is 10.5 Å². The molecule has 2 atom stereocenters. The lowest BCUT2D eigenvalue weighted by molar-refractivity contribution is -0.134. The molecular formula is C19H29N3O4S. The SMILES string of the molecule is CCCN(CCC)C(=O)C1CC1C(=O)NCCc1ccc(S(N)(=O)=O)cc1. The zero-order chi connectivity index (χ0) is 20.0. The van der Waals surface area contributed by atoms with Gasteiger partial charge in [-0.15, -0.1) is 0 Å². The van der Waals surface area contributed by atoms with E-state index >= 15 is 0 Å². The number of carbonyl (C=O) groups is 2. The molecule has 2 rings (SSSR count). The van der Waals surface area contributed by atoms with Crippen LogP contribution in [0.2, 0.25) is 0 Å². The Morgan fingerprint density at radius 3 is 2.22 bits per heavy atom. The minimum Gasteiger partial charge on any atom is -0.356 e. The van der Waals surface area contributed by atoms with E-state index in [1.54, 1.807) is 12.1 Å². The van der Waals surface area contributed by atoms with E-state index in [9.17, 15) is 18.0 Å². The third-order valence-corrected chi connectivity index (χ3v) is 5.64. The van der Waals surface area contributed by atoms with Crippen molar-refractivity contribution >= 4 is 21.8 Å². The van der Waals surface area contributed by atoms with Crippen LogP contribution in [0.3, 0.4) is 0 Å². The fourth-order valence-electron chi connectivity index (χ4n) is 3.17. The first-order valence-corrected chi connectivity index (χ1v) is 11.0. The van der Waals surface area contributed by atoms with Gasteiger partial charge < -0.3 is 10.2 Å². The number of hydrogen-bond donors (Lipinski definition) is 2. The molecule has 7 nitrogen and oxygen atoms in total. The van der Waals surface area contributed by atoms with Gasteiger partial charge in [0.1, 0.15) is 0 Å². The third kappa shape index (κ3) is 6.04. The highest BCUT2D eigenvalue weighted by Crippen LogP contribution is 2.40. The van der Waals surface area contributed by atoms with Gasteiger partial charge in [0.25, 0.3) is 0 Å². The molecular weight excluding hydrogens is 366 g/mol. The molecule has 1 aliphatic rings. The van der Waals surface area contributed by atoms with E-state index in [1.165, 1.54) is 12.1 Å². The van der Waals surface area contributed by atoms with Crippen molar-refractivity contribution in [2.45, 2.75) is 44.4 Å². The largest absolute Gasteiger partial charge is 0.356 e. The molecule has 0 saturated heterocycles. The molecule has 2 unspecified atom stereocenters. The summed E-state index contributed by atoms with van der Waals surface area (Å²) >= 11 is 0. The summed E-state index contributed by atoms with van der Waals surface area (Å²) < 4.78 is 22.5. The number of nitrogens with two attached hydrogens (primary N) is 1. The van der Waals surface area contributed by atoms with Gasteiger partial charge in [-0.2, -0.15) is 0 Å². The normalized spacial score (nSPS) is 18.8. The molecule has 2 amide bonds. The molecule has 3 N–H and O–H groups in total. The molecule has 0 spiro atoms. The lowest BCUT2D eigenvalue weighted by atomic mass is 10.1. The zero-order valence-corrected chi connectivity index (χ0v) is 16.8. The lowest BCUT2D eigenvalue weighted by Crippen LogP contribution is -2.35. The number of sulfonamides is 1. The minimum absolute atomic E-state index is 0.0679. The Hall–Kier alpha value is -1.93. The number of nitrogens with one attached hydrogen (secondary N) is 1. The van der Waals surface area contributed by atoms with E-state index in [-0.39, 0.29) is 28.5 Å². The van der Waals surface area contributed by atoms with E-state index in [4.69, 9.17) is 5.14 Å². The molecule has 0 radical (unpaired) electrons. The lowest BCUT2D eigenvalue weighted by Gasteiger charge is -2.21. The van der Waals surface area contributed by atoms with Gasteiger partial charge in [-0.1, -0.05) is 26.0 Å². The smallest absolute Gasteiger partial charge is 0.238 e. The summed E-state index contributed by atoms with van der Waals surface area (Å²) in [5.41, 5.74) is 0.906. The van der Waals surface area contributed by atoms with Gasteiger partial charge in [0.15, 0.2) is 0 Å². The van der Waals surface area contributed by atoms with Crippen molar-refractivity contribution in [1.82, 2.24) is 10.2 Å². The summed E-state index contributed by atoms with van der Waals surface area (Å²) in [4.78, 5) is 26.7. The number of hydrogen-bond acceptors (Lipinski definition) is 4.